The number of hydrogen-bond donors (Lipinski definition) is 1. The molecule has 0 aliphatic heterocycles. The van der Waals surface area contributed by atoms with Gasteiger partial charge in [-0.2, -0.15) is 0 Å². The monoisotopic (exact) mass is 293 g/mol. The molecule has 0 aromatic carbocycles. The van der Waals surface area contributed by atoms with Gasteiger partial charge in [0.2, 0.25) is 0 Å². The van der Waals surface area contributed by atoms with Crippen LogP contribution in [0.25, 0.3) is 0 Å². The van der Waals surface area contributed by atoms with Gasteiger partial charge in [-0.25, -0.2) is 12.7 Å². The van der Waals surface area contributed by atoms with Gasteiger partial charge in [0, 0.05) is 26.2 Å². The molecule has 102 valence electrons. The number of rotatable bonds is 6. The molecule has 0 saturated heterocycles. The van der Waals surface area contributed by atoms with Crippen molar-refractivity contribution in [2.75, 3.05) is 25.5 Å². The van der Waals surface area contributed by atoms with Crippen LogP contribution >= 0.6 is 11.3 Å². The zero-order valence-corrected chi connectivity index (χ0v) is 12.0. The van der Waals surface area contributed by atoms with E-state index in [1.165, 1.54) is 7.05 Å². The van der Waals surface area contributed by atoms with Gasteiger partial charge < -0.3 is 5.32 Å². The fourth-order valence-electron chi connectivity index (χ4n) is 1.23. The molecule has 0 bridgehead atoms. The minimum Gasteiger partial charge on any atom is -0.372 e. The van der Waals surface area contributed by atoms with E-state index in [2.05, 4.69) is 5.32 Å². The van der Waals surface area contributed by atoms with Gasteiger partial charge in [-0.05, 0) is 6.92 Å². The lowest BCUT2D eigenvalue weighted by atomic mass is 10.5. The van der Waals surface area contributed by atoms with E-state index in [0.717, 1.165) is 21.7 Å². The summed E-state index contributed by atoms with van der Waals surface area (Å²) in [5, 5.41) is 13.9. The van der Waals surface area contributed by atoms with Crippen molar-refractivity contribution in [1.29, 1.82) is 0 Å². The second-order valence-electron chi connectivity index (χ2n) is 3.49. The molecule has 7 nitrogen and oxygen atoms in total. The van der Waals surface area contributed by atoms with Gasteiger partial charge >= 0.3 is 5.69 Å². The molecule has 0 spiro atoms. The zero-order valence-electron chi connectivity index (χ0n) is 10.3. The Labute approximate surface area is 110 Å². The summed E-state index contributed by atoms with van der Waals surface area (Å²) >= 11 is 0.881. The number of nitrogens with zero attached hydrogens (tertiary/aromatic N) is 2. The molecule has 0 radical (unpaired) electrons. The summed E-state index contributed by atoms with van der Waals surface area (Å²) in [6.45, 7) is 4.29. The Morgan fingerprint density at radius 3 is 2.56 bits per heavy atom. The van der Waals surface area contributed by atoms with E-state index < -0.39 is 14.9 Å². The van der Waals surface area contributed by atoms with Crippen LogP contribution in [0.1, 0.15) is 13.8 Å². The Balaban J connectivity index is 3.28. The smallest absolute Gasteiger partial charge is 0.304 e. The van der Waals surface area contributed by atoms with E-state index in [-0.39, 0.29) is 14.9 Å². The molecule has 18 heavy (non-hydrogen) atoms. The maximum atomic E-state index is 12.0. The number of hydrogen-bond acceptors (Lipinski definition) is 6. The van der Waals surface area contributed by atoms with Gasteiger partial charge in [0.05, 0.1) is 4.92 Å². The van der Waals surface area contributed by atoms with Gasteiger partial charge in [-0.15, -0.1) is 0 Å². The molecule has 1 aromatic heterocycles. The molecule has 9 heteroatoms. The van der Waals surface area contributed by atoms with Gasteiger partial charge in [0.15, 0.2) is 5.00 Å². The largest absolute Gasteiger partial charge is 0.372 e. The molecule has 0 aliphatic rings. The van der Waals surface area contributed by atoms with Crippen LogP contribution < -0.4 is 5.32 Å². The summed E-state index contributed by atoms with van der Waals surface area (Å²) in [7, 11) is -2.20. The average molecular weight is 293 g/mol. The molecular formula is C9H15N3O4S2. The maximum absolute atomic E-state index is 12.0. The van der Waals surface area contributed by atoms with E-state index in [9.17, 15) is 18.5 Å². The van der Waals surface area contributed by atoms with E-state index in [1.54, 1.807) is 13.8 Å². The van der Waals surface area contributed by atoms with Crippen molar-refractivity contribution in [3.63, 3.8) is 0 Å². The van der Waals surface area contributed by atoms with Crippen LogP contribution in [0.4, 0.5) is 10.7 Å². The molecular weight excluding hydrogens is 278 g/mol. The number of nitro groups is 1. The quantitative estimate of drug-likeness (QED) is 0.637. The summed E-state index contributed by atoms with van der Waals surface area (Å²) in [5.74, 6) is 0. The van der Waals surface area contributed by atoms with Crippen molar-refractivity contribution in [2.45, 2.75) is 18.1 Å². The zero-order chi connectivity index (χ0) is 13.9. The highest BCUT2D eigenvalue weighted by Gasteiger charge is 2.28. The van der Waals surface area contributed by atoms with Gasteiger partial charge in [-0.3, -0.25) is 10.1 Å². The third-order valence-corrected chi connectivity index (χ3v) is 5.80. The Hall–Kier alpha value is -1.19. The third-order valence-electron chi connectivity index (χ3n) is 2.33. The number of thiophene rings is 1. The van der Waals surface area contributed by atoms with Gasteiger partial charge in [0.25, 0.3) is 10.0 Å². The number of anilines is 1. The fraction of sp³-hybridized carbons (Fsp3) is 0.556. The standard InChI is InChI=1S/C9H15N3O4S2/c1-4-10-9-7(12(13)14)6-8(17-9)18(15,16)11(3)5-2/h6,10H,4-5H2,1-3H3. The minimum atomic E-state index is -3.64. The second kappa shape index (κ2) is 5.63. The number of nitrogens with one attached hydrogen (secondary N) is 1. The molecule has 0 atom stereocenters. The van der Waals surface area contributed by atoms with Gasteiger partial charge in [0.1, 0.15) is 4.21 Å². The fourth-order valence-corrected chi connectivity index (χ4v) is 4.02. The van der Waals surface area contributed by atoms with Crippen LogP contribution in [-0.4, -0.2) is 37.8 Å². The van der Waals surface area contributed by atoms with E-state index in [4.69, 9.17) is 0 Å². The highest BCUT2D eigenvalue weighted by molar-refractivity contribution is 7.91. The Kier molecular flexibility index (Phi) is 4.65. The maximum Gasteiger partial charge on any atom is 0.304 e. The summed E-state index contributed by atoms with van der Waals surface area (Å²) in [6.07, 6.45) is 0. The molecule has 0 unspecified atom stereocenters. The lowest BCUT2D eigenvalue weighted by Gasteiger charge is -2.12. The van der Waals surface area contributed by atoms with E-state index in [0.29, 0.717) is 13.1 Å². The first-order chi connectivity index (χ1) is 8.34. The Morgan fingerprint density at radius 2 is 2.11 bits per heavy atom. The van der Waals surface area contributed by atoms with Crippen molar-refractivity contribution >= 4 is 32.0 Å². The molecule has 0 fully saturated rings. The van der Waals surface area contributed by atoms with Crippen molar-refractivity contribution in [1.82, 2.24) is 4.31 Å². The average Bonchev–Trinajstić information content (AvgIpc) is 2.73. The summed E-state index contributed by atoms with van der Waals surface area (Å²) < 4.78 is 25.2. The van der Waals surface area contributed by atoms with Crippen molar-refractivity contribution in [3.05, 3.63) is 16.2 Å². The summed E-state index contributed by atoms with van der Waals surface area (Å²) in [4.78, 5) is 10.3. The first-order valence-electron chi connectivity index (χ1n) is 5.33. The lowest BCUT2D eigenvalue weighted by Crippen LogP contribution is -2.25. The van der Waals surface area contributed by atoms with Crippen LogP contribution in [0.15, 0.2) is 10.3 Å². The SMILES string of the molecule is CCNc1sc(S(=O)(=O)N(C)CC)cc1[N+](=O)[O-]. The molecule has 0 amide bonds. The molecule has 0 saturated carbocycles. The third kappa shape index (κ3) is 2.79. The van der Waals surface area contributed by atoms with Crippen molar-refractivity contribution in [3.8, 4) is 0 Å². The first kappa shape index (κ1) is 14.9. The van der Waals surface area contributed by atoms with Crippen LogP contribution in [0, 0.1) is 10.1 Å². The first-order valence-corrected chi connectivity index (χ1v) is 7.58. The normalized spacial score (nSPS) is 11.8. The molecule has 1 rings (SSSR count). The topological polar surface area (TPSA) is 92.6 Å². The molecule has 1 aromatic rings. The predicted molar refractivity (Wildman–Crippen MR) is 70.6 cm³/mol. The van der Waals surface area contributed by atoms with Crippen LogP contribution in [0.2, 0.25) is 0 Å². The summed E-state index contributed by atoms with van der Waals surface area (Å²) in [5.41, 5.74) is -0.204. The summed E-state index contributed by atoms with van der Waals surface area (Å²) in [6, 6.07) is 1.10. The van der Waals surface area contributed by atoms with Crippen LogP contribution in [0.3, 0.4) is 0 Å². The Bertz CT molecular complexity index is 538. The van der Waals surface area contributed by atoms with E-state index >= 15 is 0 Å². The van der Waals surface area contributed by atoms with E-state index in [1.807, 2.05) is 0 Å². The van der Waals surface area contributed by atoms with Crippen LogP contribution in [-0.2, 0) is 10.0 Å². The lowest BCUT2D eigenvalue weighted by molar-refractivity contribution is -0.383. The highest BCUT2D eigenvalue weighted by Crippen LogP contribution is 2.37. The van der Waals surface area contributed by atoms with Gasteiger partial charge in [-0.1, -0.05) is 18.3 Å². The van der Waals surface area contributed by atoms with Crippen molar-refractivity contribution < 1.29 is 13.3 Å². The molecule has 0 aliphatic carbocycles. The number of sulfonamides is 1. The molecule has 1 N–H and O–H groups in total. The molecule has 1 heterocycles. The van der Waals surface area contributed by atoms with Crippen LogP contribution in [0.5, 0.6) is 0 Å². The Morgan fingerprint density at radius 1 is 1.50 bits per heavy atom. The minimum absolute atomic E-state index is 0.0190. The van der Waals surface area contributed by atoms with Crippen molar-refractivity contribution in [2.24, 2.45) is 0 Å². The highest BCUT2D eigenvalue weighted by atomic mass is 32.2. The predicted octanol–water partition coefficient (Wildman–Crippen LogP) is 1.73. The second-order valence-corrected chi connectivity index (χ2v) is 6.81.